The van der Waals surface area contributed by atoms with Gasteiger partial charge in [-0.25, -0.2) is 16.8 Å². The number of allylic oxidation sites excluding steroid dienone is 2. The second-order valence-electron chi connectivity index (χ2n) is 12.2. The van der Waals surface area contributed by atoms with Crippen LogP contribution in [0.25, 0.3) is 33.4 Å². The van der Waals surface area contributed by atoms with Gasteiger partial charge in [-0.1, -0.05) is 48.5 Å². The molecule has 0 saturated carbocycles. The van der Waals surface area contributed by atoms with Gasteiger partial charge >= 0.3 is 12.4 Å². The van der Waals surface area contributed by atoms with Crippen LogP contribution in [0.3, 0.4) is 0 Å². The lowest BCUT2D eigenvalue weighted by molar-refractivity contribution is -0.140. The van der Waals surface area contributed by atoms with E-state index in [9.17, 15) is 37.9 Å². The van der Waals surface area contributed by atoms with E-state index in [0.717, 1.165) is 36.4 Å². The Bertz CT molecular complexity index is 2810. The maximum Gasteiger partial charge on any atom is 0.417 e. The third-order valence-corrected chi connectivity index (χ3v) is 12.8. The highest BCUT2D eigenvalue weighted by molar-refractivity contribution is 7.91. The van der Waals surface area contributed by atoms with Crippen LogP contribution in [-0.4, -0.2) is 16.8 Å². The van der Waals surface area contributed by atoms with Crippen molar-refractivity contribution in [2.45, 2.75) is 31.9 Å². The van der Waals surface area contributed by atoms with Crippen molar-refractivity contribution >= 4 is 30.8 Å². The molecule has 0 radical (unpaired) electrons. The van der Waals surface area contributed by atoms with Gasteiger partial charge in [-0.3, -0.25) is 0 Å². The van der Waals surface area contributed by atoms with E-state index >= 15 is 26.3 Å². The van der Waals surface area contributed by atoms with E-state index in [4.69, 9.17) is 0 Å². The fraction of sp³-hybridized carbons (Fsp3) is 0.0500. The first-order valence-electron chi connectivity index (χ1n) is 15.8. The minimum Gasteiger partial charge on any atom is -0.219 e. The molecule has 2 aliphatic rings. The Balaban J connectivity index is 1.69. The molecule has 16 heteroatoms. The van der Waals surface area contributed by atoms with Crippen molar-refractivity contribution in [2.24, 2.45) is 0 Å². The van der Waals surface area contributed by atoms with Gasteiger partial charge in [0.2, 0.25) is 19.7 Å². The molecule has 0 bridgehead atoms. The number of rotatable bonds is 4. The fourth-order valence-corrected chi connectivity index (χ4v) is 9.74. The molecule has 7 rings (SSSR count). The predicted octanol–water partition coefficient (Wildman–Crippen LogP) is 9.05. The molecule has 0 heterocycles. The summed E-state index contributed by atoms with van der Waals surface area (Å²) in [4.78, 5) is -1.69. The SMILES string of the molecule is N#CC(C#N)=C1c2cc(S(=O)(=O)c3ccccc3)ccc2-c2c1c(C(F)(F)F)c1c(c2C(F)(F)F)C(=C(C#N)C#N)c2cc(S(=O)(=O)c3ccccc3)ccc2-1. The number of nitrogens with zero attached hydrogens (tertiary/aromatic N) is 4. The monoisotopic (exact) mass is 794 g/mol. The number of nitriles is 4. The van der Waals surface area contributed by atoms with Gasteiger partial charge < -0.3 is 0 Å². The summed E-state index contributed by atoms with van der Waals surface area (Å²) in [6, 6.07) is 24.1. The summed E-state index contributed by atoms with van der Waals surface area (Å²) in [6.07, 6.45) is -11.2. The standard InChI is InChI=1S/C40H16F6N4O4S2/c41-39(42,43)37-33-27-13-11-25(55(51,52)23-7-3-1-4-8-23)15-29(27)31(21(17-47)18-48)35(33)38(40(44,45)46)34-28-14-12-26(56(53,54)24-9-5-2-6-10-24)16-30(28)32(36(34)37)22(19-49)20-50/h1-16H. The van der Waals surface area contributed by atoms with Gasteiger partial charge in [-0.05, 0) is 70.8 Å². The van der Waals surface area contributed by atoms with E-state index in [1.807, 2.05) is 0 Å². The molecule has 0 saturated heterocycles. The van der Waals surface area contributed by atoms with Crippen LogP contribution < -0.4 is 0 Å². The molecule has 5 aromatic rings. The minimum absolute atomic E-state index is 0.270. The van der Waals surface area contributed by atoms with Crippen LogP contribution >= 0.6 is 0 Å². The average molecular weight is 795 g/mol. The zero-order valence-corrected chi connectivity index (χ0v) is 29.4. The average Bonchev–Trinajstić information content (AvgIpc) is 3.67. The summed E-state index contributed by atoms with van der Waals surface area (Å²) in [5.74, 6) is 0. The van der Waals surface area contributed by atoms with Crippen LogP contribution in [0.1, 0.15) is 33.4 Å². The van der Waals surface area contributed by atoms with Crippen molar-refractivity contribution in [2.75, 3.05) is 0 Å². The first-order chi connectivity index (χ1) is 26.4. The topological polar surface area (TPSA) is 163 Å². The fourth-order valence-electron chi connectivity index (χ4n) is 7.12. The molecule has 0 atom stereocenters. The normalized spacial score (nSPS) is 13.0. The zero-order chi connectivity index (χ0) is 40.5. The van der Waals surface area contributed by atoms with Gasteiger partial charge in [-0.15, -0.1) is 0 Å². The van der Waals surface area contributed by atoms with Crippen molar-refractivity contribution < 1.29 is 43.2 Å². The van der Waals surface area contributed by atoms with Gasteiger partial charge in [0.05, 0.1) is 30.7 Å². The van der Waals surface area contributed by atoms with Gasteiger partial charge in [-0.2, -0.15) is 47.4 Å². The molecule has 0 spiro atoms. The Morgan fingerprint density at radius 2 is 0.750 bits per heavy atom. The van der Waals surface area contributed by atoms with Crippen molar-refractivity contribution in [3.63, 3.8) is 0 Å². The first-order valence-corrected chi connectivity index (χ1v) is 18.8. The predicted molar refractivity (Wildman–Crippen MR) is 186 cm³/mol. The van der Waals surface area contributed by atoms with Crippen molar-refractivity contribution in [3.8, 4) is 46.5 Å². The molecular formula is C40H16F6N4O4S2. The van der Waals surface area contributed by atoms with Gasteiger partial charge in [0.25, 0.3) is 0 Å². The number of hydrogen-bond acceptors (Lipinski definition) is 8. The molecular weight excluding hydrogens is 779 g/mol. The largest absolute Gasteiger partial charge is 0.417 e. The Hall–Kier alpha value is -6.98. The molecule has 0 fully saturated rings. The van der Waals surface area contributed by atoms with Crippen LogP contribution in [0.4, 0.5) is 26.3 Å². The third kappa shape index (κ3) is 5.46. The molecule has 274 valence electrons. The van der Waals surface area contributed by atoms with Crippen molar-refractivity contribution in [1.29, 1.82) is 21.0 Å². The number of sulfone groups is 2. The lowest BCUT2D eigenvalue weighted by atomic mass is 9.83. The van der Waals surface area contributed by atoms with E-state index in [0.29, 0.717) is 0 Å². The van der Waals surface area contributed by atoms with E-state index in [1.54, 1.807) is 0 Å². The van der Waals surface area contributed by atoms with Crippen molar-refractivity contribution in [1.82, 2.24) is 0 Å². The van der Waals surface area contributed by atoms with Crippen LogP contribution in [0.2, 0.25) is 0 Å². The Morgan fingerprint density at radius 1 is 0.429 bits per heavy atom. The van der Waals surface area contributed by atoms with E-state index < -0.39 is 120 Å². The second kappa shape index (κ2) is 12.8. The lowest BCUT2D eigenvalue weighted by Gasteiger charge is -2.24. The minimum atomic E-state index is -5.60. The Labute approximate surface area is 314 Å². The summed E-state index contributed by atoms with van der Waals surface area (Å²) in [7, 11) is -8.92. The highest BCUT2D eigenvalue weighted by Crippen LogP contribution is 2.63. The third-order valence-electron chi connectivity index (χ3n) is 9.30. The molecule has 8 nitrogen and oxygen atoms in total. The van der Waals surface area contributed by atoms with Crippen LogP contribution in [0.5, 0.6) is 0 Å². The van der Waals surface area contributed by atoms with Gasteiger partial charge in [0, 0.05) is 33.4 Å². The lowest BCUT2D eigenvalue weighted by Crippen LogP contribution is -2.18. The number of hydrogen-bond donors (Lipinski definition) is 0. The highest BCUT2D eigenvalue weighted by atomic mass is 32.2. The summed E-state index contributed by atoms with van der Waals surface area (Å²) in [5.41, 5.74) is -15.0. The number of alkyl halides is 6. The second-order valence-corrected chi connectivity index (χ2v) is 16.1. The van der Waals surface area contributed by atoms with Gasteiger partial charge in [0.1, 0.15) is 35.4 Å². The molecule has 0 N–H and O–H groups in total. The molecule has 0 aliphatic heterocycles. The molecule has 56 heavy (non-hydrogen) atoms. The van der Waals surface area contributed by atoms with E-state index in [2.05, 4.69) is 0 Å². The van der Waals surface area contributed by atoms with Crippen LogP contribution in [-0.2, 0) is 32.0 Å². The summed E-state index contributed by atoms with van der Waals surface area (Å²) in [5, 5.41) is 40.0. The zero-order valence-electron chi connectivity index (χ0n) is 27.7. The van der Waals surface area contributed by atoms with E-state index in [1.165, 1.54) is 84.9 Å². The maximum absolute atomic E-state index is 15.8. The van der Waals surface area contributed by atoms with E-state index in [-0.39, 0.29) is 9.79 Å². The maximum atomic E-state index is 15.8. The molecule has 2 aliphatic carbocycles. The molecule has 0 unspecified atom stereocenters. The number of halogens is 6. The Kier molecular flexibility index (Phi) is 8.54. The first kappa shape index (κ1) is 37.3. The summed E-state index contributed by atoms with van der Waals surface area (Å²) >= 11 is 0. The number of benzene rings is 5. The summed E-state index contributed by atoms with van der Waals surface area (Å²) < 4.78 is 149. The van der Waals surface area contributed by atoms with Crippen molar-refractivity contribution in [3.05, 3.63) is 142 Å². The smallest absolute Gasteiger partial charge is 0.219 e. The summed E-state index contributed by atoms with van der Waals surface area (Å²) in [6.45, 7) is 0. The Morgan fingerprint density at radius 3 is 1.04 bits per heavy atom. The quantitative estimate of drug-likeness (QED) is 0.126. The number of fused-ring (bicyclic) bond motifs is 6. The molecule has 0 aromatic heterocycles. The molecule has 0 amide bonds. The molecule has 5 aromatic carbocycles. The van der Waals surface area contributed by atoms with Crippen LogP contribution in [0, 0.1) is 45.3 Å². The highest BCUT2D eigenvalue weighted by Gasteiger charge is 2.52. The van der Waals surface area contributed by atoms with Crippen LogP contribution in [0.15, 0.2) is 128 Å². The van der Waals surface area contributed by atoms with Gasteiger partial charge in [0.15, 0.2) is 0 Å².